The third-order valence-electron chi connectivity index (χ3n) is 1.96. The van der Waals surface area contributed by atoms with Gasteiger partial charge in [-0.15, -0.1) is 0 Å². The van der Waals surface area contributed by atoms with Gasteiger partial charge in [-0.25, -0.2) is 0 Å². The number of methoxy groups -OCH3 is 1. The van der Waals surface area contributed by atoms with Crippen molar-refractivity contribution in [3.63, 3.8) is 0 Å². The fraction of sp³-hybridized carbons (Fsp3) is 0.364. The molecule has 1 N–H and O–H groups in total. The number of amides is 1. The summed E-state index contributed by atoms with van der Waals surface area (Å²) in [5, 5.41) is 3.35. The Morgan fingerprint density at radius 1 is 1.56 bits per heavy atom. The molecule has 0 atom stereocenters. The highest BCUT2D eigenvalue weighted by Crippen LogP contribution is 2.25. The molecule has 0 aromatic heterocycles. The molecule has 0 aliphatic carbocycles. The molecule has 0 bridgehead atoms. The van der Waals surface area contributed by atoms with Gasteiger partial charge in [0.05, 0.1) is 5.02 Å². The second-order valence-corrected chi connectivity index (χ2v) is 4.53. The molecule has 0 unspecified atom stereocenters. The Morgan fingerprint density at radius 3 is 2.94 bits per heavy atom. The molecule has 0 aliphatic heterocycles. The van der Waals surface area contributed by atoms with Crippen LogP contribution in [-0.4, -0.2) is 19.6 Å². The normalized spacial score (nSPS) is 10.2. The number of benzene rings is 1. The minimum Gasteiger partial charge on any atom is -0.385 e. The number of carbonyl (C=O) groups is 1. The molecule has 16 heavy (non-hydrogen) atoms. The van der Waals surface area contributed by atoms with Crippen LogP contribution in [0.2, 0.25) is 5.02 Å². The van der Waals surface area contributed by atoms with Gasteiger partial charge in [-0.2, -0.15) is 0 Å². The van der Waals surface area contributed by atoms with Gasteiger partial charge in [0.15, 0.2) is 0 Å². The van der Waals surface area contributed by atoms with E-state index in [1.165, 1.54) is 0 Å². The first-order valence-electron chi connectivity index (χ1n) is 4.87. The number of ether oxygens (including phenoxy) is 1. The number of nitrogens with one attached hydrogen (secondary N) is 1. The SMILES string of the molecule is COCCCC(=O)Nc1ccc(Br)c(Cl)c1. The van der Waals surface area contributed by atoms with Crippen molar-refractivity contribution in [3.05, 3.63) is 27.7 Å². The molecule has 1 amide bonds. The monoisotopic (exact) mass is 305 g/mol. The quantitative estimate of drug-likeness (QED) is 0.846. The van der Waals surface area contributed by atoms with Gasteiger partial charge in [0.1, 0.15) is 0 Å². The van der Waals surface area contributed by atoms with Crippen LogP contribution in [0.1, 0.15) is 12.8 Å². The van der Waals surface area contributed by atoms with Crippen LogP contribution in [0.25, 0.3) is 0 Å². The number of anilines is 1. The number of rotatable bonds is 5. The molecule has 0 fully saturated rings. The average Bonchev–Trinajstić information content (AvgIpc) is 2.24. The van der Waals surface area contributed by atoms with Gasteiger partial charge in [-0.05, 0) is 40.5 Å². The molecule has 1 rings (SSSR count). The van der Waals surface area contributed by atoms with E-state index in [4.69, 9.17) is 16.3 Å². The van der Waals surface area contributed by atoms with E-state index in [9.17, 15) is 4.79 Å². The molecule has 5 heteroatoms. The Bertz CT molecular complexity index is 371. The summed E-state index contributed by atoms with van der Waals surface area (Å²) in [5.74, 6) is -0.0320. The smallest absolute Gasteiger partial charge is 0.224 e. The summed E-state index contributed by atoms with van der Waals surface area (Å²) in [6.45, 7) is 0.592. The molecule has 0 radical (unpaired) electrons. The fourth-order valence-electron chi connectivity index (χ4n) is 1.17. The lowest BCUT2D eigenvalue weighted by Crippen LogP contribution is -2.11. The summed E-state index contributed by atoms with van der Waals surface area (Å²) in [5.41, 5.74) is 0.704. The van der Waals surface area contributed by atoms with Crippen LogP contribution in [0, 0.1) is 0 Å². The number of halogens is 2. The second kappa shape index (κ2) is 6.89. The molecule has 0 aliphatic rings. The summed E-state index contributed by atoms with van der Waals surface area (Å²) in [4.78, 5) is 11.5. The topological polar surface area (TPSA) is 38.3 Å². The van der Waals surface area contributed by atoms with Crippen molar-refractivity contribution in [2.75, 3.05) is 19.0 Å². The van der Waals surface area contributed by atoms with Crippen LogP contribution < -0.4 is 5.32 Å². The first-order valence-corrected chi connectivity index (χ1v) is 6.04. The summed E-state index contributed by atoms with van der Waals surface area (Å²) in [7, 11) is 1.62. The Labute approximate surface area is 108 Å². The Hall–Kier alpha value is -0.580. The summed E-state index contributed by atoms with van der Waals surface area (Å²) >= 11 is 9.19. The standard InChI is InChI=1S/C11H13BrClNO2/c1-16-6-2-3-11(15)14-8-4-5-9(12)10(13)7-8/h4-5,7H,2-3,6H2,1H3,(H,14,15). The van der Waals surface area contributed by atoms with Crippen LogP contribution >= 0.6 is 27.5 Å². The van der Waals surface area contributed by atoms with E-state index in [0.29, 0.717) is 30.2 Å². The first-order chi connectivity index (χ1) is 7.63. The van der Waals surface area contributed by atoms with E-state index < -0.39 is 0 Å². The summed E-state index contributed by atoms with van der Waals surface area (Å²) in [6.07, 6.45) is 1.16. The molecule has 1 aromatic rings. The van der Waals surface area contributed by atoms with Crippen molar-refractivity contribution < 1.29 is 9.53 Å². The minimum atomic E-state index is -0.0320. The maximum Gasteiger partial charge on any atom is 0.224 e. The van der Waals surface area contributed by atoms with E-state index in [1.807, 2.05) is 0 Å². The van der Waals surface area contributed by atoms with Crippen molar-refractivity contribution in [3.8, 4) is 0 Å². The van der Waals surface area contributed by atoms with Gasteiger partial charge in [-0.1, -0.05) is 11.6 Å². The molecular formula is C11H13BrClNO2. The van der Waals surface area contributed by atoms with Gasteiger partial charge >= 0.3 is 0 Å². The predicted octanol–water partition coefficient (Wildman–Crippen LogP) is 3.47. The lowest BCUT2D eigenvalue weighted by atomic mass is 10.2. The number of hydrogen-bond donors (Lipinski definition) is 1. The fourth-order valence-corrected chi connectivity index (χ4v) is 1.60. The van der Waals surface area contributed by atoms with Crippen molar-refractivity contribution in [2.45, 2.75) is 12.8 Å². The maximum atomic E-state index is 11.5. The van der Waals surface area contributed by atoms with Crippen LogP contribution in [0.4, 0.5) is 5.69 Å². The van der Waals surface area contributed by atoms with Gasteiger partial charge in [-0.3, -0.25) is 4.79 Å². The molecule has 1 aromatic carbocycles. The summed E-state index contributed by atoms with van der Waals surface area (Å²) in [6, 6.07) is 5.30. The highest BCUT2D eigenvalue weighted by atomic mass is 79.9. The van der Waals surface area contributed by atoms with E-state index in [2.05, 4.69) is 21.2 Å². The molecule has 0 spiro atoms. The number of hydrogen-bond acceptors (Lipinski definition) is 2. The minimum absolute atomic E-state index is 0.0320. The highest BCUT2D eigenvalue weighted by Gasteiger charge is 2.03. The van der Waals surface area contributed by atoms with Crippen LogP contribution in [0.5, 0.6) is 0 Å². The van der Waals surface area contributed by atoms with Crippen LogP contribution in [0.3, 0.4) is 0 Å². The lowest BCUT2D eigenvalue weighted by Gasteiger charge is -2.06. The zero-order valence-electron chi connectivity index (χ0n) is 8.93. The van der Waals surface area contributed by atoms with Crippen LogP contribution in [0.15, 0.2) is 22.7 Å². The lowest BCUT2D eigenvalue weighted by molar-refractivity contribution is -0.116. The number of carbonyl (C=O) groups excluding carboxylic acids is 1. The molecule has 0 saturated heterocycles. The van der Waals surface area contributed by atoms with Crippen molar-refractivity contribution >= 4 is 39.1 Å². The van der Waals surface area contributed by atoms with Gasteiger partial charge < -0.3 is 10.1 Å². The zero-order chi connectivity index (χ0) is 12.0. The van der Waals surface area contributed by atoms with Crippen LogP contribution in [-0.2, 0) is 9.53 Å². The van der Waals surface area contributed by atoms with E-state index in [1.54, 1.807) is 25.3 Å². The first kappa shape index (κ1) is 13.5. The average molecular weight is 307 g/mol. The van der Waals surface area contributed by atoms with Crippen molar-refractivity contribution in [1.82, 2.24) is 0 Å². The van der Waals surface area contributed by atoms with Crippen molar-refractivity contribution in [1.29, 1.82) is 0 Å². The molecule has 0 saturated carbocycles. The Balaban J connectivity index is 2.46. The third kappa shape index (κ3) is 4.51. The molecule has 88 valence electrons. The second-order valence-electron chi connectivity index (χ2n) is 3.27. The maximum absolute atomic E-state index is 11.5. The van der Waals surface area contributed by atoms with Gasteiger partial charge in [0.2, 0.25) is 5.91 Å². The van der Waals surface area contributed by atoms with E-state index >= 15 is 0 Å². The van der Waals surface area contributed by atoms with Gasteiger partial charge in [0.25, 0.3) is 0 Å². The zero-order valence-corrected chi connectivity index (χ0v) is 11.3. The molecule has 0 heterocycles. The largest absolute Gasteiger partial charge is 0.385 e. The van der Waals surface area contributed by atoms with E-state index in [-0.39, 0.29) is 5.91 Å². The molecular weight excluding hydrogens is 293 g/mol. The Morgan fingerprint density at radius 2 is 2.31 bits per heavy atom. The van der Waals surface area contributed by atoms with Gasteiger partial charge in [0, 0.05) is 30.3 Å². The summed E-state index contributed by atoms with van der Waals surface area (Å²) < 4.78 is 5.68. The molecule has 3 nitrogen and oxygen atoms in total. The van der Waals surface area contributed by atoms with E-state index in [0.717, 1.165) is 4.47 Å². The Kier molecular flexibility index (Phi) is 5.80. The van der Waals surface area contributed by atoms with Crippen molar-refractivity contribution in [2.24, 2.45) is 0 Å². The predicted molar refractivity (Wildman–Crippen MR) is 68.9 cm³/mol. The highest BCUT2D eigenvalue weighted by molar-refractivity contribution is 9.10. The third-order valence-corrected chi connectivity index (χ3v) is 3.19.